The third-order valence-corrected chi connectivity index (χ3v) is 6.58. The highest BCUT2D eigenvalue weighted by molar-refractivity contribution is 6.08. The number of para-hydroxylation sites is 1. The lowest BCUT2D eigenvalue weighted by Gasteiger charge is -2.38. The number of pyridine rings is 1. The molecule has 2 saturated heterocycles. The van der Waals surface area contributed by atoms with Crippen LogP contribution >= 0.6 is 0 Å². The van der Waals surface area contributed by atoms with Gasteiger partial charge in [-0.05, 0) is 54.7 Å². The molecule has 3 aromatic rings. The van der Waals surface area contributed by atoms with Gasteiger partial charge in [0, 0.05) is 23.3 Å². The zero-order valence-electron chi connectivity index (χ0n) is 18.9. The van der Waals surface area contributed by atoms with Crippen molar-refractivity contribution in [2.45, 2.75) is 37.8 Å². The number of carbonyl (C=O) groups excluding carboxylic acids is 3. The van der Waals surface area contributed by atoms with Crippen LogP contribution in [0.25, 0.3) is 10.9 Å². The SMILES string of the molecule is CCc1cc(Cc2ccc(C(=O)NC3CCOCC34NC(=O)NC4=O)cc2)c2ccccc2n1. The van der Waals surface area contributed by atoms with Gasteiger partial charge >= 0.3 is 6.03 Å². The summed E-state index contributed by atoms with van der Waals surface area (Å²) in [5.74, 6) is -0.775. The minimum Gasteiger partial charge on any atom is -0.378 e. The number of urea groups is 1. The molecule has 0 bridgehead atoms. The van der Waals surface area contributed by atoms with Gasteiger partial charge in [0.1, 0.15) is 0 Å². The number of carbonyl (C=O) groups is 3. The number of fused-ring (bicyclic) bond motifs is 1. The summed E-state index contributed by atoms with van der Waals surface area (Å²) in [5.41, 5.74) is 3.54. The Hall–Kier alpha value is -3.78. The van der Waals surface area contributed by atoms with E-state index in [0.717, 1.165) is 35.0 Å². The van der Waals surface area contributed by atoms with Crippen LogP contribution in [0, 0.1) is 0 Å². The summed E-state index contributed by atoms with van der Waals surface area (Å²) >= 11 is 0. The Morgan fingerprint density at radius 3 is 2.71 bits per heavy atom. The minimum absolute atomic E-state index is 0.0219. The Kier molecular flexibility index (Phi) is 5.75. The van der Waals surface area contributed by atoms with Crippen LogP contribution in [0.1, 0.15) is 40.5 Å². The van der Waals surface area contributed by atoms with Gasteiger partial charge in [0.2, 0.25) is 0 Å². The number of imide groups is 1. The van der Waals surface area contributed by atoms with Crippen LogP contribution < -0.4 is 16.0 Å². The highest BCUT2D eigenvalue weighted by Gasteiger charge is 2.54. The second kappa shape index (κ2) is 8.87. The van der Waals surface area contributed by atoms with Gasteiger partial charge in [-0.25, -0.2) is 4.79 Å². The van der Waals surface area contributed by atoms with Crippen molar-refractivity contribution in [1.82, 2.24) is 20.9 Å². The molecule has 174 valence electrons. The van der Waals surface area contributed by atoms with Gasteiger partial charge in [0.15, 0.2) is 5.54 Å². The summed E-state index contributed by atoms with van der Waals surface area (Å²) in [7, 11) is 0. The third kappa shape index (κ3) is 4.01. The first-order valence-corrected chi connectivity index (χ1v) is 11.5. The van der Waals surface area contributed by atoms with Crippen molar-refractivity contribution in [1.29, 1.82) is 0 Å². The number of hydrogen-bond acceptors (Lipinski definition) is 5. The summed E-state index contributed by atoms with van der Waals surface area (Å²) < 4.78 is 5.43. The number of nitrogens with one attached hydrogen (secondary N) is 3. The average Bonchev–Trinajstić information content (AvgIpc) is 3.13. The van der Waals surface area contributed by atoms with E-state index in [1.165, 1.54) is 5.56 Å². The molecule has 1 aromatic heterocycles. The second-order valence-electron chi connectivity index (χ2n) is 8.76. The highest BCUT2D eigenvalue weighted by atomic mass is 16.5. The molecule has 2 aliphatic heterocycles. The molecule has 2 fully saturated rings. The molecule has 2 atom stereocenters. The van der Waals surface area contributed by atoms with Crippen LogP contribution in [0.4, 0.5) is 4.79 Å². The van der Waals surface area contributed by atoms with E-state index >= 15 is 0 Å². The van der Waals surface area contributed by atoms with E-state index in [4.69, 9.17) is 9.72 Å². The lowest BCUT2D eigenvalue weighted by atomic mass is 9.86. The molecule has 2 aliphatic rings. The van der Waals surface area contributed by atoms with Gasteiger partial charge in [0.25, 0.3) is 11.8 Å². The predicted octanol–water partition coefficient (Wildman–Crippen LogP) is 2.48. The van der Waals surface area contributed by atoms with Crippen molar-refractivity contribution >= 4 is 28.7 Å². The predicted molar refractivity (Wildman–Crippen MR) is 126 cm³/mol. The number of benzene rings is 2. The van der Waals surface area contributed by atoms with E-state index in [9.17, 15) is 14.4 Å². The van der Waals surface area contributed by atoms with E-state index in [1.54, 1.807) is 12.1 Å². The molecular weight excluding hydrogens is 432 g/mol. The fourth-order valence-electron chi connectivity index (χ4n) is 4.70. The number of hydrogen-bond donors (Lipinski definition) is 3. The topological polar surface area (TPSA) is 109 Å². The van der Waals surface area contributed by atoms with Gasteiger partial charge in [-0.3, -0.25) is 19.9 Å². The van der Waals surface area contributed by atoms with E-state index in [-0.39, 0.29) is 12.5 Å². The van der Waals surface area contributed by atoms with Crippen LogP contribution in [0.2, 0.25) is 0 Å². The molecule has 5 rings (SSSR count). The third-order valence-electron chi connectivity index (χ3n) is 6.58. The van der Waals surface area contributed by atoms with Crippen molar-refractivity contribution in [2.75, 3.05) is 13.2 Å². The van der Waals surface area contributed by atoms with Crippen molar-refractivity contribution in [3.05, 3.63) is 77.0 Å². The van der Waals surface area contributed by atoms with Crippen LogP contribution in [-0.2, 0) is 22.4 Å². The van der Waals surface area contributed by atoms with Gasteiger partial charge < -0.3 is 15.4 Å². The first kappa shape index (κ1) is 22.0. The van der Waals surface area contributed by atoms with Gasteiger partial charge in [-0.15, -0.1) is 0 Å². The first-order valence-electron chi connectivity index (χ1n) is 11.5. The van der Waals surface area contributed by atoms with Gasteiger partial charge in [-0.2, -0.15) is 0 Å². The van der Waals surface area contributed by atoms with E-state index in [0.29, 0.717) is 18.6 Å². The van der Waals surface area contributed by atoms with E-state index in [1.807, 2.05) is 30.3 Å². The van der Waals surface area contributed by atoms with Crippen molar-refractivity contribution < 1.29 is 19.1 Å². The number of amides is 4. The van der Waals surface area contributed by atoms with E-state index < -0.39 is 23.5 Å². The molecule has 3 N–H and O–H groups in total. The van der Waals surface area contributed by atoms with Gasteiger partial charge in [-0.1, -0.05) is 37.3 Å². The van der Waals surface area contributed by atoms with Crippen LogP contribution in [0.5, 0.6) is 0 Å². The second-order valence-corrected chi connectivity index (χ2v) is 8.76. The fourth-order valence-corrected chi connectivity index (χ4v) is 4.70. The quantitative estimate of drug-likeness (QED) is 0.509. The molecule has 34 heavy (non-hydrogen) atoms. The molecule has 2 unspecified atom stereocenters. The molecule has 2 aromatic carbocycles. The molecule has 1 spiro atoms. The Balaban J connectivity index is 1.33. The molecule has 0 radical (unpaired) electrons. The lowest BCUT2D eigenvalue weighted by molar-refractivity contribution is -0.130. The van der Waals surface area contributed by atoms with Crippen LogP contribution in [0.15, 0.2) is 54.6 Å². The van der Waals surface area contributed by atoms with E-state index in [2.05, 4.69) is 35.0 Å². The Bertz CT molecular complexity index is 1270. The zero-order valence-corrected chi connectivity index (χ0v) is 18.9. The molecule has 0 aliphatic carbocycles. The summed E-state index contributed by atoms with van der Waals surface area (Å²) in [5, 5.41) is 8.94. The first-order chi connectivity index (χ1) is 16.5. The van der Waals surface area contributed by atoms with Crippen molar-refractivity contribution in [3.8, 4) is 0 Å². The molecule has 8 nitrogen and oxygen atoms in total. The molecule has 3 heterocycles. The summed E-state index contributed by atoms with van der Waals surface area (Å²) in [6.07, 6.45) is 2.02. The van der Waals surface area contributed by atoms with Crippen molar-refractivity contribution in [3.63, 3.8) is 0 Å². The smallest absolute Gasteiger partial charge is 0.322 e. The standard InChI is InChI=1S/C26H26N4O4/c1-2-19-14-18(20-5-3-4-6-21(20)27-19)13-16-7-9-17(10-8-16)23(31)28-22-11-12-34-15-26(22)24(32)29-25(33)30-26/h3-10,14,22H,2,11-13,15H2,1H3,(H,28,31)(H2,29,30,32,33). The number of rotatable bonds is 5. The molecule has 8 heteroatoms. The lowest BCUT2D eigenvalue weighted by Crippen LogP contribution is -2.67. The normalized spacial score (nSPS) is 22.0. The average molecular weight is 459 g/mol. The van der Waals surface area contributed by atoms with Crippen molar-refractivity contribution in [2.24, 2.45) is 0 Å². The summed E-state index contributed by atoms with van der Waals surface area (Å²) in [4.78, 5) is 41.8. The molecule has 4 amide bonds. The van der Waals surface area contributed by atoms with Crippen LogP contribution in [0.3, 0.4) is 0 Å². The largest absolute Gasteiger partial charge is 0.378 e. The Morgan fingerprint density at radius 1 is 1.18 bits per heavy atom. The Labute approximate surface area is 197 Å². The minimum atomic E-state index is -1.27. The molecular formula is C26H26N4O4. The number of aromatic nitrogens is 1. The molecule has 0 saturated carbocycles. The van der Waals surface area contributed by atoms with Crippen LogP contribution in [-0.4, -0.2) is 47.6 Å². The fraction of sp³-hybridized carbons (Fsp3) is 0.308. The number of aryl methyl sites for hydroxylation is 1. The summed E-state index contributed by atoms with van der Waals surface area (Å²) in [6, 6.07) is 16.6. The zero-order chi connectivity index (χ0) is 23.7. The summed E-state index contributed by atoms with van der Waals surface area (Å²) in [6.45, 7) is 2.51. The highest BCUT2D eigenvalue weighted by Crippen LogP contribution is 2.25. The number of ether oxygens (including phenoxy) is 1. The Morgan fingerprint density at radius 2 is 1.97 bits per heavy atom. The van der Waals surface area contributed by atoms with Gasteiger partial charge in [0.05, 0.1) is 18.2 Å². The monoisotopic (exact) mass is 458 g/mol. The maximum Gasteiger partial charge on any atom is 0.322 e. The maximum absolute atomic E-state index is 13.0. The maximum atomic E-state index is 13.0. The number of nitrogens with zero attached hydrogens (tertiary/aromatic N) is 1.